The third-order valence-corrected chi connectivity index (χ3v) is 4.58. The number of hydrazine groups is 1. The molecule has 0 aliphatic carbocycles. The molecule has 3 rings (SSSR count). The Morgan fingerprint density at radius 2 is 1.79 bits per heavy atom. The van der Waals surface area contributed by atoms with Crippen LogP contribution in [0.5, 0.6) is 0 Å². The summed E-state index contributed by atoms with van der Waals surface area (Å²) in [6.45, 7) is 4.05. The van der Waals surface area contributed by atoms with Gasteiger partial charge in [0.2, 0.25) is 0 Å². The molecule has 0 atom stereocenters. The molecule has 152 valence electrons. The number of nitro groups is 1. The number of nitrogens with zero attached hydrogens (tertiary/aromatic N) is 4. The molecule has 2 heterocycles. The summed E-state index contributed by atoms with van der Waals surface area (Å²) in [5.41, 5.74) is 5.57. The van der Waals surface area contributed by atoms with Crippen molar-refractivity contribution < 1.29 is 14.5 Å². The minimum atomic E-state index is -0.609. The highest BCUT2D eigenvalue weighted by atomic mass is 16.6. The smallest absolute Gasteiger partial charge is 0.270 e. The van der Waals surface area contributed by atoms with Crippen molar-refractivity contribution in [2.24, 2.45) is 0 Å². The topological polar surface area (TPSA) is 121 Å². The zero-order chi connectivity index (χ0) is 20.6. The van der Waals surface area contributed by atoms with Crippen molar-refractivity contribution in [1.29, 1.82) is 0 Å². The highest BCUT2D eigenvalue weighted by Crippen LogP contribution is 2.12. The zero-order valence-electron chi connectivity index (χ0n) is 15.8. The van der Waals surface area contributed by atoms with Gasteiger partial charge in [-0.1, -0.05) is 12.1 Å². The van der Waals surface area contributed by atoms with Gasteiger partial charge in [-0.15, -0.1) is 0 Å². The van der Waals surface area contributed by atoms with E-state index in [1.807, 2.05) is 23.1 Å². The standard InChI is InChI=1S/C19H22N6O4/c26-18(21-22-19(27)15-4-3-6-17(12-15)25(28)29)14-24-10-8-23(9-11-24)13-16-5-1-2-7-20-16/h1-7,12H,8-11,13-14H2,(H,21,26)(H,22,27). The molecule has 10 nitrogen and oxygen atoms in total. The number of hydrogen-bond donors (Lipinski definition) is 2. The van der Waals surface area contributed by atoms with Crippen LogP contribution in [-0.4, -0.2) is 64.2 Å². The van der Waals surface area contributed by atoms with E-state index in [1.165, 1.54) is 18.2 Å². The monoisotopic (exact) mass is 398 g/mol. The second kappa shape index (κ2) is 9.71. The third kappa shape index (κ3) is 6.06. The van der Waals surface area contributed by atoms with Crippen molar-refractivity contribution in [2.75, 3.05) is 32.7 Å². The van der Waals surface area contributed by atoms with Gasteiger partial charge in [0, 0.05) is 56.6 Å². The number of non-ortho nitro benzene ring substituents is 1. The molecule has 1 fully saturated rings. The summed E-state index contributed by atoms with van der Waals surface area (Å²) < 4.78 is 0. The number of pyridine rings is 1. The summed E-state index contributed by atoms with van der Waals surface area (Å²) in [4.78, 5) is 43.0. The Labute approximate surface area is 167 Å². The van der Waals surface area contributed by atoms with Crippen molar-refractivity contribution in [1.82, 2.24) is 25.6 Å². The first-order chi connectivity index (χ1) is 14.0. The maximum atomic E-state index is 12.1. The van der Waals surface area contributed by atoms with Gasteiger partial charge in [-0.2, -0.15) is 0 Å². The molecule has 1 aliphatic heterocycles. The van der Waals surface area contributed by atoms with E-state index in [-0.39, 0.29) is 23.7 Å². The number of carbonyl (C=O) groups excluding carboxylic acids is 2. The predicted octanol–water partition coefficient (Wildman–Crippen LogP) is 0.569. The Balaban J connectivity index is 1.39. The summed E-state index contributed by atoms with van der Waals surface area (Å²) in [5.74, 6) is -0.954. The van der Waals surface area contributed by atoms with Crippen LogP contribution in [0.15, 0.2) is 48.7 Å². The summed E-state index contributed by atoms with van der Waals surface area (Å²) in [5, 5.41) is 10.8. The van der Waals surface area contributed by atoms with Crippen LogP contribution in [0.4, 0.5) is 5.69 Å². The lowest BCUT2D eigenvalue weighted by atomic mass is 10.2. The summed E-state index contributed by atoms with van der Waals surface area (Å²) >= 11 is 0. The number of hydrogen-bond acceptors (Lipinski definition) is 7. The van der Waals surface area contributed by atoms with Crippen molar-refractivity contribution in [3.63, 3.8) is 0 Å². The fourth-order valence-electron chi connectivity index (χ4n) is 3.03. The molecule has 29 heavy (non-hydrogen) atoms. The molecular formula is C19H22N6O4. The van der Waals surface area contributed by atoms with Crippen LogP contribution in [0.25, 0.3) is 0 Å². The van der Waals surface area contributed by atoms with Gasteiger partial charge < -0.3 is 0 Å². The lowest BCUT2D eigenvalue weighted by Gasteiger charge is -2.34. The quantitative estimate of drug-likeness (QED) is 0.539. The highest BCUT2D eigenvalue weighted by molar-refractivity contribution is 5.96. The Morgan fingerprint density at radius 1 is 1.03 bits per heavy atom. The van der Waals surface area contributed by atoms with Gasteiger partial charge in [-0.25, -0.2) is 0 Å². The summed E-state index contributed by atoms with van der Waals surface area (Å²) in [6.07, 6.45) is 1.78. The van der Waals surface area contributed by atoms with E-state index in [4.69, 9.17) is 0 Å². The Kier molecular flexibility index (Phi) is 6.82. The Bertz CT molecular complexity index is 868. The Morgan fingerprint density at radius 3 is 2.48 bits per heavy atom. The second-order valence-electron chi connectivity index (χ2n) is 6.68. The molecule has 2 N–H and O–H groups in total. The number of rotatable bonds is 6. The second-order valence-corrected chi connectivity index (χ2v) is 6.68. The molecule has 0 saturated carbocycles. The van der Waals surface area contributed by atoms with Gasteiger partial charge in [-0.3, -0.25) is 45.3 Å². The number of amides is 2. The first-order valence-electron chi connectivity index (χ1n) is 9.19. The van der Waals surface area contributed by atoms with E-state index >= 15 is 0 Å². The van der Waals surface area contributed by atoms with Crippen LogP contribution >= 0.6 is 0 Å². The molecule has 1 aromatic carbocycles. The van der Waals surface area contributed by atoms with Crippen LogP contribution < -0.4 is 10.9 Å². The summed E-state index contributed by atoms with van der Waals surface area (Å²) in [7, 11) is 0. The Hall–Kier alpha value is -3.37. The van der Waals surface area contributed by atoms with Gasteiger partial charge in [0.15, 0.2) is 0 Å². The average molecular weight is 398 g/mol. The predicted molar refractivity (Wildman–Crippen MR) is 105 cm³/mol. The van der Waals surface area contributed by atoms with E-state index in [0.29, 0.717) is 0 Å². The molecule has 1 saturated heterocycles. The van der Waals surface area contributed by atoms with Crippen molar-refractivity contribution in [3.05, 3.63) is 70.0 Å². The number of aromatic nitrogens is 1. The van der Waals surface area contributed by atoms with Crippen LogP contribution in [-0.2, 0) is 11.3 Å². The number of nitro benzene ring substituents is 1. The lowest BCUT2D eigenvalue weighted by molar-refractivity contribution is -0.384. The highest BCUT2D eigenvalue weighted by Gasteiger charge is 2.20. The lowest BCUT2D eigenvalue weighted by Crippen LogP contribution is -2.51. The number of nitrogens with one attached hydrogen (secondary N) is 2. The molecule has 10 heteroatoms. The first kappa shape index (κ1) is 20.4. The fraction of sp³-hybridized carbons (Fsp3) is 0.316. The van der Waals surface area contributed by atoms with Gasteiger partial charge in [0.1, 0.15) is 0 Å². The normalized spacial score (nSPS) is 14.9. The minimum Gasteiger partial charge on any atom is -0.295 e. The molecular weight excluding hydrogens is 376 g/mol. The third-order valence-electron chi connectivity index (χ3n) is 4.58. The minimum absolute atomic E-state index is 0.0997. The zero-order valence-corrected chi connectivity index (χ0v) is 15.8. The average Bonchev–Trinajstić information content (AvgIpc) is 2.74. The van der Waals surface area contributed by atoms with Gasteiger partial charge in [-0.05, 0) is 18.2 Å². The number of piperazine rings is 1. The van der Waals surface area contributed by atoms with E-state index in [2.05, 4.69) is 20.7 Å². The largest absolute Gasteiger partial charge is 0.295 e. The molecule has 0 bridgehead atoms. The van der Waals surface area contributed by atoms with Crippen LogP contribution in [0.2, 0.25) is 0 Å². The fourth-order valence-corrected chi connectivity index (χ4v) is 3.03. The molecule has 0 spiro atoms. The van der Waals surface area contributed by atoms with Crippen molar-refractivity contribution in [2.45, 2.75) is 6.54 Å². The van der Waals surface area contributed by atoms with Crippen LogP contribution in [0, 0.1) is 10.1 Å². The van der Waals surface area contributed by atoms with Crippen LogP contribution in [0.3, 0.4) is 0 Å². The first-order valence-corrected chi connectivity index (χ1v) is 9.19. The van der Waals surface area contributed by atoms with E-state index < -0.39 is 10.8 Å². The van der Waals surface area contributed by atoms with E-state index in [0.717, 1.165) is 44.5 Å². The SMILES string of the molecule is O=C(CN1CCN(Cc2ccccn2)CC1)NNC(=O)c1cccc([N+](=O)[O-])c1. The van der Waals surface area contributed by atoms with E-state index in [1.54, 1.807) is 6.20 Å². The number of carbonyl (C=O) groups is 2. The van der Waals surface area contributed by atoms with Gasteiger partial charge >= 0.3 is 0 Å². The maximum absolute atomic E-state index is 12.1. The van der Waals surface area contributed by atoms with Crippen molar-refractivity contribution >= 4 is 17.5 Å². The molecule has 1 aromatic heterocycles. The molecule has 2 aromatic rings. The van der Waals surface area contributed by atoms with E-state index in [9.17, 15) is 19.7 Å². The maximum Gasteiger partial charge on any atom is 0.270 e. The van der Waals surface area contributed by atoms with Crippen molar-refractivity contribution in [3.8, 4) is 0 Å². The molecule has 0 unspecified atom stereocenters. The molecule has 0 radical (unpaired) electrons. The summed E-state index contributed by atoms with van der Waals surface area (Å²) in [6, 6.07) is 11.1. The molecule has 1 aliphatic rings. The molecule has 2 amide bonds. The number of benzene rings is 1. The van der Waals surface area contributed by atoms with Gasteiger partial charge in [0.25, 0.3) is 17.5 Å². The van der Waals surface area contributed by atoms with Gasteiger partial charge in [0.05, 0.1) is 17.2 Å². The van der Waals surface area contributed by atoms with Crippen LogP contribution in [0.1, 0.15) is 16.1 Å².